The van der Waals surface area contributed by atoms with Crippen LogP contribution >= 0.6 is 0 Å². The summed E-state index contributed by atoms with van der Waals surface area (Å²) in [5.74, 6) is -0.181. The molecule has 1 aliphatic carbocycles. The van der Waals surface area contributed by atoms with E-state index in [1.807, 2.05) is 0 Å². The molecule has 1 N–H and O–H groups in total. The van der Waals surface area contributed by atoms with Gasteiger partial charge in [0.25, 0.3) is 0 Å². The number of nitrogens with zero attached hydrogens (tertiary/aromatic N) is 1. The summed E-state index contributed by atoms with van der Waals surface area (Å²) in [6.45, 7) is 0.0260. The second kappa shape index (κ2) is 4.53. The van der Waals surface area contributed by atoms with Crippen LogP contribution in [-0.2, 0) is 9.59 Å². The van der Waals surface area contributed by atoms with Gasteiger partial charge in [-0.15, -0.1) is 0 Å². The fraction of sp³-hybridized carbons (Fsp3) is 0.833. The Labute approximate surface area is 95.6 Å². The fourth-order valence-electron chi connectivity index (χ4n) is 3.04. The van der Waals surface area contributed by atoms with E-state index in [0.29, 0.717) is 12.8 Å². The van der Waals surface area contributed by atoms with Gasteiger partial charge in [-0.1, -0.05) is 19.3 Å². The van der Waals surface area contributed by atoms with E-state index in [9.17, 15) is 9.59 Å². The van der Waals surface area contributed by atoms with Crippen LogP contribution in [0.5, 0.6) is 0 Å². The van der Waals surface area contributed by atoms with Gasteiger partial charge in [-0.25, -0.2) is 0 Å². The van der Waals surface area contributed by atoms with Crippen molar-refractivity contribution in [1.29, 1.82) is 0 Å². The largest absolute Gasteiger partial charge is 0.395 e. The zero-order chi connectivity index (χ0) is 11.6. The zero-order valence-electron chi connectivity index (χ0n) is 9.57. The summed E-state index contributed by atoms with van der Waals surface area (Å²) in [7, 11) is 0. The normalized spacial score (nSPS) is 25.2. The molecule has 1 saturated heterocycles. The first-order valence-corrected chi connectivity index (χ1v) is 6.11. The predicted octanol–water partition coefficient (Wildman–Crippen LogP) is 1.08. The van der Waals surface area contributed by atoms with Crippen molar-refractivity contribution >= 4 is 11.8 Å². The van der Waals surface area contributed by atoms with Crippen LogP contribution in [-0.4, -0.2) is 35.0 Å². The zero-order valence-corrected chi connectivity index (χ0v) is 9.57. The summed E-state index contributed by atoms with van der Waals surface area (Å²) in [6.07, 6.45) is 6.53. The minimum absolute atomic E-state index is 0.0433. The highest BCUT2D eigenvalue weighted by atomic mass is 16.3. The number of piperidine rings is 1. The van der Waals surface area contributed by atoms with E-state index in [2.05, 4.69) is 0 Å². The SMILES string of the molecule is O=C1CC2(CCCCC2)CC(=O)N1CCO. The summed E-state index contributed by atoms with van der Waals surface area (Å²) in [5, 5.41) is 8.81. The van der Waals surface area contributed by atoms with Crippen LogP contribution in [0.2, 0.25) is 0 Å². The maximum Gasteiger partial charge on any atom is 0.229 e. The first kappa shape index (κ1) is 11.6. The van der Waals surface area contributed by atoms with Crippen LogP contribution < -0.4 is 0 Å². The number of aliphatic hydroxyl groups is 1. The van der Waals surface area contributed by atoms with Gasteiger partial charge in [0.2, 0.25) is 11.8 Å². The van der Waals surface area contributed by atoms with E-state index in [-0.39, 0.29) is 30.4 Å². The number of rotatable bonds is 2. The molecule has 0 radical (unpaired) electrons. The number of hydrogen-bond donors (Lipinski definition) is 1. The Bertz CT molecular complexity index is 275. The molecule has 1 aliphatic heterocycles. The topological polar surface area (TPSA) is 57.6 Å². The van der Waals surface area contributed by atoms with Gasteiger partial charge in [0.15, 0.2) is 0 Å². The van der Waals surface area contributed by atoms with Crippen molar-refractivity contribution in [2.24, 2.45) is 5.41 Å². The summed E-state index contributed by atoms with van der Waals surface area (Å²) in [6, 6.07) is 0. The van der Waals surface area contributed by atoms with Gasteiger partial charge in [0.1, 0.15) is 0 Å². The molecule has 16 heavy (non-hydrogen) atoms. The highest BCUT2D eigenvalue weighted by Gasteiger charge is 2.43. The lowest BCUT2D eigenvalue weighted by molar-refractivity contribution is -0.155. The Morgan fingerprint density at radius 3 is 2.12 bits per heavy atom. The third kappa shape index (κ3) is 2.12. The average Bonchev–Trinajstić information content (AvgIpc) is 2.24. The second-order valence-electron chi connectivity index (χ2n) is 5.08. The predicted molar refractivity (Wildman–Crippen MR) is 58.6 cm³/mol. The van der Waals surface area contributed by atoms with E-state index in [1.54, 1.807) is 0 Å². The number of aliphatic hydroxyl groups excluding tert-OH is 1. The molecule has 0 bridgehead atoms. The van der Waals surface area contributed by atoms with Crippen molar-refractivity contribution in [3.8, 4) is 0 Å². The molecule has 0 aromatic heterocycles. The monoisotopic (exact) mass is 225 g/mol. The van der Waals surface area contributed by atoms with Gasteiger partial charge in [0, 0.05) is 12.8 Å². The molecule has 0 aromatic carbocycles. The Balaban J connectivity index is 2.07. The van der Waals surface area contributed by atoms with E-state index in [4.69, 9.17) is 5.11 Å². The van der Waals surface area contributed by atoms with Crippen molar-refractivity contribution in [2.45, 2.75) is 44.9 Å². The van der Waals surface area contributed by atoms with Gasteiger partial charge < -0.3 is 5.11 Å². The van der Waals surface area contributed by atoms with Crippen molar-refractivity contribution in [2.75, 3.05) is 13.2 Å². The lowest BCUT2D eigenvalue weighted by atomic mass is 9.67. The Kier molecular flexibility index (Phi) is 3.28. The maximum absolute atomic E-state index is 11.9. The molecule has 4 nitrogen and oxygen atoms in total. The van der Waals surface area contributed by atoms with Crippen LogP contribution in [0.15, 0.2) is 0 Å². The maximum atomic E-state index is 11.9. The highest BCUT2D eigenvalue weighted by Crippen LogP contribution is 2.45. The number of hydrogen-bond acceptors (Lipinski definition) is 3. The molecular weight excluding hydrogens is 206 g/mol. The molecule has 2 aliphatic rings. The minimum Gasteiger partial charge on any atom is -0.395 e. The van der Waals surface area contributed by atoms with Crippen LogP contribution in [0.4, 0.5) is 0 Å². The summed E-state index contributed by atoms with van der Waals surface area (Å²) >= 11 is 0. The van der Waals surface area contributed by atoms with Gasteiger partial charge in [0.05, 0.1) is 13.2 Å². The fourth-order valence-corrected chi connectivity index (χ4v) is 3.04. The van der Waals surface area contributed by atoms with Gasteiger partial charge >= 0.3 is 0 Å². The number of carbonyl (C=O) groups excluding carboxylic acids is 2. The Morgan fingerprint density at radius 2 is 1.62 bits per heavy atom. The second-order valence-corrected chi connectivity index (χ2v) is 5.08. The van der Waals surface area contributed by atoms with Gasteiger partial charge in [-0.2, -0.15) is 0 Å². The van der Waals surface area contributed by atoms with Crippen molar-refractivity contribution < 1.29 is 14.7 Å². The number of carbonyl (C=O) groups is 2. The standard InChI is InChI=1S/C12H19NO3/c14-7-6-13-10(15)8-12(9-11(13)16)4-2-1-3-5-12/h14H,1-9H2. The molecular formula is C12H19NO3. The van der Waals surface area contributed by atoms with Crippen molar-refractivity contribution in [3.63, 3.8) is 0 Å². The van der Waals surface area contributed by atoms with E-state index < -0.39 is 0 Å². The van der Waals surface area contributed by atoms with Gasteiger partial charge in [-0.05, 0) is 18.3 Å². The van der Waals surface area contributed by atoms with E-state index >= 15 is 0 Å². The molecule has 1 saturated carbocycles. The van der Waals surface area contributed by atoms with E-state index in [0.717, 1.165) is 25.7 Å². The van der Waals surface area contributed by atoms with Crippen LogP contribution in [0.3, 0.4) is 0 Å². The molecule has 0 atom stereocenters. The Morgan fingerprint density at radius 1 is 1.06 bits per heavy atom. The number of amides is 2. The first-order valence-electron chi connectivity index (χ1n) is 6.11. The summed E-state index contributed by atoms with van der Waals surface area (Å²) in [5.41, 5.74) is -0.0433. The van der Waals surface area contributed by atoms with Crippen LogP contribution in [0.25, 0.3) is 0 Å². The molecule has 1 heterocycles. The molecule has 2 fully saturated rings. The third-order valence-corrected chi connectivity index (χ3v) is 3.89. The molecule has 4 heteroatoms. The number of β-amino-alcohol motifs (C(OH)–C–C–N with tert-alkyl or cyclic N) is 1. The number of imide groups is 1. The molecule has 0 aromatic rings. The molecule has 2 amide bonds. The molecule has 90 valence electrons. The quantitative estimate of drug-likeness (QED) is 0.715. The van der Waals surface area contributed by atoms with Crippen LogP contribution in [0.1, 0.15) is 44.9 Å². The van der Waals surface area contributed by atoms with Crippen molar-refractivity contribution in [3.05, 3.63) is 0 Å². The first-order chi connectivity index (χ1) is 7.67. The Hall–Kier alpha value is -0.900. The highest BCUT2D eigenvalue weighted by molar-refractivity contribution is 5.98. The van der Waals surface area contributed by atoms with Crippen LogP contribution in [0, 0.1) is 5.41 Å². The van der Waals surface area contributed by atoms with Gasteiger partial charge in [-0.3, -0.25) is 14.5 Å². The lowest BCUT2D eigenvalue weighted by Crippen LogP contribution is -2.49. The molecule has 2 rings (SSSR count). The van der Waals surface area contributed by atoms with Crippen molar-refractivity contribution in [1.82, 2.24) is 4.90 Å². The summed E-state index contributed by atoms with van der Waals surface area (Å²) < 4.78 is 0. The molecule has 0 unspecified atom stereocenters. The third-order valence-electron chi connectivity index (χ3n) is 3.89. The minimum atomic E-state index is -0.134. The smallest absolute Gasteiger partial charge is 0.229 e. The number of likely N-dealkylation sites (tertiary alicyclic amines) is 1. The summed E-state index contributed by atoms with van der Waals surface area (Å²) in [4.78, 5) is 24.9. The molecule has 1 spiro atoms. The average molecular weight is 225 g/mol. The van der Waals surface area contributed by atoms with E-state index in [1.165, 1.54) is 11.3 Å². The lowest BCUT2D eigenvalue weighted by Gasteiger charge is -2.42.